The fourth-order valence-corrected chi connectivity index (χ4v) is 9.82. The van der Waals surface area contributed by atoms with Crippen LogP contribution in [-0.4, -0.2) is 14.1 Å². The second kappa shape index (κ2) is 14.6. The molecule has 0 unspecified atom stereocenters. The van der Waals surface area contributed by atoms with Crippen LogP contribution in [0.25, 0.3) is 61.2 Å². The maximum absolute atomic E-state index is 9.34. The highest BCUT2D eigenvalue weighted by Gasteiger charge is 2.43. The van der Waals surface area contributed by atoms with Crippen LogP contribution in [0.3, 0.4) is 0 Å². The van der Waals surface area contributed by atoms with Crippen LogP contribution in [0.4, 0.5) is 0 Å². The smallest absolute Gasteiger partial charge is 0.269 e. The van der Waals surface area contributed by atoms with Crippen molar-refractivity contribution in [3.8, 4) is 39.8 Å². The number of fused-ring (bicyclic) bond motifs is 5. The van der Waals surface area contributed by atoms with Gasteiger partial charge in [0.15, 0.2) is 0 Å². The maximum atomic E-state index is 9.34. The van der Waals surface area contributed by atoms with Crippen molar-refractivity contribution < 1.29 is 16.2 Å². The van der Waals surface area contributed by atoms with Crippen LogP contribution in [-0.2, 0) is 21.7 Å². The number of hydrogen-bond donors (Lipinski definition) is 0. The summed E-state index contributed by atoms with van der Waals surface area (Å²) in [6.07, 6.45) is 7.54. The predicted octanol–water partition coefficient (Wildman–Crippen LogP) is 14.6. The molecule has 0 amide bonds. The molecule has 0 saturated heterocycles. The van der Waals surface area contributed by atoms with Crippen molar-refractivity contribution in [2.75, 3.05) is 0 Å². The van der Waals surface area contributed by atoms with Crippen molar-refractivity contribution in [1.29, 1.82) is 0 Å². The van der Waals surface area contributed by atoms with Crippen LogP contribution in [0.2, 0.25) is 0 Å². The molecule has 0 fully saturated rings. The molecule has 3 heterocycles. The van der Waals surface area contributed by atoms with Gasteiger partial charge in [-0.3, -0.25) is 13.7 Å². The van der Waals surface area contributed by atoms with E-state index in [4.69, 9.17) is 13.8 Å². The summed E-state index contributed by atoms with van der Waals surface area (Å²) in [5.41, 5.74) is 9.90. The highest BCUT2D eigenvalue weighted by molar-refractivity contribution is 6.09. The average molecular weight is 832 g/mol. The number of hydrogen-bond acceptors (Lipinski definition) is 2. The molecule has 0 saturated carbocycles. The van der Waals surface area contributed by atoms with Gasteiger partial charge < -0.3 is 4.74 Å². The summed E-state index contributed by atoms with van der Waals surface area (Å²) in [6.45, 7) is 22.4. The molecule has 1 aliphatic rings. The van der Waals surface area contributed by atoms with Gasteiger partial charge in [0.25, 0.3) is 6.33 Å². The van der Waals surface area contributed by atoms with Crippen molar-refractivity contribution >= 4 is 32.8 Å². The summed E-state index contributed by atoms with van der Waals surface area (Å²) in [4.78, 5) is 4.87. The molecule has 9 aromatic rings. The van der Waals surface area contributed by atoms with E-state index in [0.29, 0.717) is 17.1 Å². The SMILES string of the molecule is [2H]c1c([2H])c([2H])c(-c2cc(C(C)(C)C)c3c(c2-[n+]2[c-]n(-c4cccc(Oc5ccc6c7ccccc7n(-c7cc(C(C)(C)C)ccn7)c6c5)c4)c4ccccc42)C(C)(C)CCC3(C)C)c([2H])c1[2H]. The molecule has 10 rings (SSSR count). The van der Waals surface area contributed by atoms with E-state index in [9.17, 15) is 2.74 Å². The number of pyridine rings is 1. The van der Waals surface area contributed by atoms with Gasteiger partial charge in [-0.15, -0.1) is 0 Å². The molecule has 0 radical (unpaired) electrons. The van der Waals surface area contributed by atoms with Gasteiger partial charge in [0.1, 0.15) is 17.3 Å². The summed E-state index contributed by atoms with van der Waals surface area (Å²) in [6, 6.07) is 35.6. The van der Waals surface area contributed by atoms with Crippen LogP contribution in [0, 0.1) is 6.33 Å². The molecular formula is C58H58N4O. The largest absolute Gasteiger partial charge is 0.458 e. The van der Waals surface area contributed by atoms with Gasteiger partial charge in [-0.25, -0.2) is 4.98 Å². The Kier molecular flexibility index (Phi) is 8.10. The lowest BCUT2D eigenvalue weighted by Crippen LogP contribution is -2.43. The van der Waals surface area contributed by atoms with E-state index in [1.807, 2.05) is 53.2 Å². The third kappa shape index (κ3) is 6.93. The summed E-state index contributed by atoms with van der Waals surface area (Å²) >= 11 is 0. The first-order valence-corrected chi connectivity index (χ1v) is 22.1. The Morgan fingerprint density at radius 3 is 2.10 bits per heavy atom. The summed E-state index contributed by atoms with van der Waals surface area (Å²) in [5.74, 6) is 2.17. The van der Waals surface area contributed by atoms with E-state index in [2.05, 4.69) is 151 Å². The first-order chi connectivity index (χ1) is 32.1. The fourth-order valence-electron chi connectivity index (χ4n) is 9.82. The van der Waals surface area contributed by atoms with Gasteiger partial charge in [-0.1, -0.05) is 154 Å². The lowest BCUT2D eigenvalue weighted by Gasteiger charge is -2.47. The molecule has 0 aliphatic heterocycles. The van der Waals surface area contributed by atoms with Gasteiger partial charge >= 0.3 is 0 Å². The summed E-state index contributed by atoms with van der Waals surface area (Å²) < 4.78 is 57.9. The normalized spacial score (nSPS) is 16.1. The molecule has 5 nitrogen and oxygen atoms in total. The van der Waals surface area contributed by atoms with Gasteiger partial charge in [0.2, 0.25) is 0 Å². The topological polar surface area (TPSA) is 35.9 Å². The number of aromatic nitrogens is 4. The molecule has 0 bridgehead atoms. The van der Waals surface area contributed by atoms with Crippen LogP contribution < -0.4 is 9.30 Å². The molecular weight excluding hydrogens is 769 g/mol. The number of rotatable bonds is 6. The van der Waals surface area contributed by atoms with E-state index in [1.165, 1.54) is 11.1 Å². The standard InChI is InChI=1S/C58H58N4O/c1-55(2,3)39-29-32-59-51(33-39)62-47-24-15-14-23-43(47)44-28-27-42(35-50(44)62)63-41-22-18-21-40(34-41)60-37-61(49-26-17-16-25-48(49)60)54-45(38-19-12-11-13-20-38)36-46(56(4,5)6)52-53(54)58(9,10)31-30-57(52,7)8/h11-29,32-36H,30-31H2,1-10H3/i11D,12D,13D,19D,20D. The monoisotopic (exact) mass is 831 g/mol. The molecule has 1 aliphatic carbocycles. The maximum Gasteiger partial charge on any atom is 0.269 e. The second-order valence-electron chi connectivity index (χ2n) is 20.6. The molecule has 6 aromatic carbocycles. The van der Waals surface area contributed by atoms with Crippen molar-refractivity contribution in [3.63, 3.8) is 0 Å². The number of para-hydroxylation sites is 3. The molecule has 0 N–H and O–H groups in total. The highest BCUT2D eigenvalue weighted by Crippen LogP contribution is 2.53. The number of ether oxygens (including phenoxy) is 1. The van der Waals surface area contributed by atoms with Gasteiger partial charge in [-0.2, -0.15) is 0 Å². The quantitative estimate of drug-likeness (QED) is 0.124. The van der Waals surface area contributed by atoms with Gasteiger partial charge in [-0.05, 0) is 116 Å². The zero-order chi connectivity index (χ0) is 48.4. The molecule has 5 heteroatoms. The fraction of sp³-hybridized carbons (Fsp3) is 0.276. The van der Waals surface area contributed by atoms with E-state index in [-0.39, 0.29) is 51.4 Å². The lowest BCUT2D eigenvalue weighted by atomic mass is 9.58. The Morgan fingerprint density at radius 2 is 1.35 bits per heavy atom. The van der Waals surface area contributed by atoms with Crippen LogP contribution in [0.5, 0.6) is 11.5 Å². The minimum Gasteiger partial charge on any atom is -0.458 e. The van der Waals surface area contributed by atoms with E-state index in [0.717, 1.165) is 74.0 Å². The van der Waals surface area contributed by atoms with Gasteiger partial charge in [0.05, 0.1) is 40.3 Å². The van der Waals surface area contributed by atoms with E-state index >= 15 is 0 Å². The Balaban J connectivity index is 1.17. The van der Waals surface area contributed by atoms with Gasteiger partial charge in [0, 0.05) is 23.0 Å². The minimum atomic E-state index is -0.413. The van der Waals surface area contributed by atoms with E-state index < -0.39 is 6.04 Å². The first-order valence-electron chi connectivity index (χ1n) is 24.6. The number of imidazole rings is 1. The Bertz CT molecular complexity index is 3500. The summed E-state index contributed by atoms with van der Waals surface area (Å²) in [5, 5.41) is 2.24. The van der Waals surface area contributed by atoms with Crippen molar-refractivity contribution in [1.82, 2.24) is 14.1 Å². The molecule has 316 valence electrons. The van der Waals surface area contributed by atoms with Crippen molar-refractivity contribution in [2.45, 2.75) is 104 Å². The Morgan fingerprint density at radius 1 is 0.667 bits per heavy atom. The third-order valence-electron chi connectivity index (χ3n) is 13.2. The number of benzene rings is 6. The average Bonchev–Trinajstić information content (AvgIpc) is 3.84. The van der Waals surface area contributed by atoms with Crippen LogP contribution >= 0.6 is 0 Å². The third-order valence-corrected chi connectivity index (χ3v) is 13.2. The number of nitrogens with zero attached hydrogens (tertiary/aromatic N) is 4. The molecule has 0 atom stereocenters. The van der Waals surface area contributed by atoms with Crippen LogP contribution in [0.1, 0.15) is 111 Å². The molecule has 3 aromatic heterocycles. The predicted molar refractivity (Wildman–Crippen MR) is 260 cm³/mol. The Hall–Kier alpha value is -6.46. The lowest BCUT2D eigenvalue weighted by molar-refractivity contribution is -0.572. The van der Waals surface area contributed by atoms with Crippen molar-refractivity contribution in [3.05, 3.63) is 174 Å². The molecule has 0 spiro atoms. The van der Waals surface area contributed by atoms with Crippen LogP contribution in [0.15, 0.2) is 146 Å². The highest BCUT2D eigenvalue weighted by atomic mass is 16.5. The first kappa shape index (κ1) is 35.1. The zero-order valence-corrected chi connectivity index (χ0v) is 38.1. The van der Waals surface area contributed by atoms with E-state index in [1.54, 1.807) is 0 Å². The summed E-state index contributed by atoms with van der Waals surface area (Å²) in [7, 11) is 0. The van der Waals surface area contributed by atoms with Crippen molar-refractivity contribution in [2.24, 2.45) is 0 Å². The molecule has 63 heavy (non-hydrogen) atoms. The Labute approximate surface area is 379 Å². The zero-order valence-electron chi connectivity index (χ0n) is 43.1. The second-order valence-corrected chi connectivity index (χ2v) is 20.6. The minimum absolute atomic E-state index is 0.0477.